The molecule has 98 valence electrons. The molecule has 18 heavy (non-hydrogen) atoms. The van der Waals surface area contributed by atoms with Crippen LogP contribution in [-0.2, 0) is 6.42 Å². The zero-order valence-corrected chi connectivity index (χ0v) is 12.5. The number of hydrogen-bond acceptors (Lipinski definition) is 2. The molecule has 3 rings (SSSR count). The Hall–Kier alpha value is -0.540. The molecule has 1 aromatic carbocycles. The summed E-state index contributed by atoms with van der Waals surface area (Å²) in [6, 6.07) is 7.78. The Bertz CT molecular complexity index is 444. The van der Waals surface area contributed by atoms with Gasteiger partial charge in [0.25, 0.3) is 0 Å². The van der Waals surface area contributed by atoms with Gasteiger partial charge < -0.3 is 10.6 Å². The van der Waals surface area contributed by atoms with E-state index in [4.69, 9.17) is 5.73 Å². The lowest BCUT2D eigenvalue weighted by Gasteiger charge is -2.29. The summed E-state index contributed by atoms with van der Waals surface area (Å²) in [5, 5.41) is 0. The van der Waals surface area contributed by atoms with Gasteiger partial charge in [-0.05, 0) is 56.2 Å². The van der Waals surface area contributed by atoms with Gasteiger partial charge in [0.2, 0.25) is 0 Å². The van der Waals surface area contributed by atoms with Crippen LogP contribution in [0.5, 0.6) is 0 Å². The fourth-order valence-electron chi connectivity index (χ4n) is 3.47. The molecule has 1 saturated carbocycles. The van der Waals surface area contributed by atoms with Gasteiger partial charge in [-0.15, -0.1) is 0 Å². The molecule has 2 bridgehead atoms. The second-order valence-corrected chi connectivity index (χ2v) is 6.80. The van der Waals surface area contributed by atoms with Crippen molar-refractivity contribution in [3.63, 3.8) is 0 Å². The molecule has 0 radical (unpaired) electrons. The van der Waals surface area contributed by atoms with E-state index in [1.165, 1.54) is 41.5 Å². The largest absolute Gasteiger partial charge is 0.368 e. The minimum atomic E-state index is 0.218. The van der Waals surface area contributed by atoms with E-state index in [9.17, 15) is 0 Å². The van der Waals surface area contributed by atoms with Crippen LogP contribution in [0.3, 0.4) is 0 Å². The lowest BCUT2D eigenvalue weighted by Crippen LogP contribution is -2.31. The third-order valence-electron chi connectivity index (χ3n) is 4.32. The number of nitrogens with zero attached hydrogens (tertiary/aromatic N) is 1. The molecule has 2 fully saturated rings. The number of hydrogen-bond donors (Lipinski definition) is 1. The van der Waals surface area contributed by atoms with Gasteiger partial charge >= 0.3 is 0 Å². The molecule has 1 aliphatic carbocycles. The highest BCUT2D eigenvalue weighted by molar-refractivity contribution is 9.10. The summed E-state index contributed by atoms with van der Waals surface area (Å²) in [7, 11) is 0. The van der Waals surface area contributed by atoms with Crippen molar-refractivity contribution < 1.29 is 0 Å². The fraction of sp³-hybridized carbons (Fsp3) is 0.600. The van der Waals surface area contributed by atoms with Gasteiger partial charge in [0.05, 0.1) is 0 Å². The first-order chi connectivity index (χ1) is 8.63. The van der Waals surface area contributed by atoms with Crippen LogP contribution in [0, 0.1) is 5.92 Å². The van der Waals surface area contributed by atoms with Crippen molar-refractivity contribution in [2.24, 2.45) is 11.7 Å². The lowest BCUT2D eigenvalue weighted by molar-refractivity contribution is 0.553. The second-order valence-electron chi connectivity index (χ2n) is 5.94. The molecular weight excluding hydrogens is 288 g/mol. The predicted octanol–water partition coefficient (Wildman–Crippen LogP) is 3.33. The first-order valence-corrected chi connectivity index (χ1v) is 7.73. The van der Waals surface area contributed by atoms with E-state index >= 15 is 0 Å². The quantitative estimate of drug-likeness (QED) is 0.928. The Morgan fingerprint density at radius 3 is 2.83 bits per heavy atom. The van der Waals surface area contributed by atoms with Gasteiger partial charge in [-0.25, -0.2) is 0 Å². The van der Waals surface area contributed by atoms with Crippen molar-refractivity contribution >= 4 is 21.6 Å². The Labute approximate surface area is 118 Å². The number of piperidine rings is 1. The third kappa shape index (κ3) is 2.30. The van der Waals surface area contributed by atoms with E-state index in [0.29, 0.717) is 0 Å². The average Bonchev–Trinajstić information content (AvgIpc) is 2.93. The number of benzene rings is 1. The Morgan fingerprint density at radius 1 is 1.44 bits per heavy atom. The summed E-state index contributed by atoms with van der Waals surface area (Å²) in [6.45, 7) is 3.31. The maximum atomic E-state index is 5.87. The molecule has 3 unspecified atom stereocenters. The molecule has 2 nitrogen and oxygen atoms in total. The average molecular weight is 309 g/mol. The zero-order chi connectivity index (χ0) is 12.7. The van der Waals surface area contributed by atoms with Crippen molar-refractivity contribution in [3.8, 4) is 0 Å². The minimum absolute atomic E-state index is 0.218. The van der Waals surface area contributed by atoms with Gasteiger partial charge in [0, 0.05) is 28.8 Å². The number of rotatable bonds is 3. The summed E-state index contributed by atoms with van der Waals surface area (Å²) >= 11 is 3.69. The third-order valence-corrected chi connectivity index (χ3v) is 5.06. The van der Waals surface area contributed by atoms with E-state index in [-0.39, 0.29) is 6.04 Å². The molecule has 0 amide bonds. The highest BCUT2D eigenvalue weighted by Crippen LogP contribution is 2.40. The maximum absolute atomic E-state index is 5.87. The first-order valence-electron chi connectivity index (χ1n) is 6.94. The van der Waals surface area contributed by atoms with Crippen LogP contribution in [0.15, 0.2) is 22.7 Å². The van der Waals surface area contributed by atoms with Gasteiger partial charge in [0.15, 0.2) is 0 Å². The van der Waals surface area contributed by atoms with Crippen LogP contribution in [0.4, 0.5) is 5.69 Å². The number of nitrogens with two attached hydrogens (primary N) is 1. The number of halogens is 1. The van der Waals surface area contributed by atoms with Crippen molar-refractivity contribution in [2.45, 2.75) is 44.7 Å². The topological polar surface area (TPSA) is 29.3 Å². The summed E-state index contributed by atoms with van der Waals surface area (Å²) in [4.78, 5) is 2.59. The molecular formula is C15H21BrN2. The molecule has 2 N–H and O–H groups in total. The van der Waals surface area contributed by atoms with E-state index in [1.54, 1.807) is 0 Å². The Balaban J connectivity index is 1.80. The van der Waals surface area contributed by atoms with Gasteiger partial charge in [-0.3, -0.25) is 0 Å². The Morgan fingerprint density at radius 2 is 2.28 bits per heavy atom. The Kier molecular flexibility index (Phi) is 3.37. The van der Waals surface area contributed by atoms with Crippen molar-refractivity contribution in [1.29, 1.82) is 0 Å². The second kappa shape index (κ2) is 4.86. The predicted molar refractivity (Wildman–Crippen MR) is 80.0 cm³/mol. The SMILES string of the molecule is CC(N)Cc1ccc(N2CC3CCC2C3)cc1Br. The smallest absolute Gasteiger partial charge is 0.0380 e. The van der Waals surface area contributed by atoms with Gasteiger partial charge in [-0.2, -0.15) is 0 Å². The molecule has 1 aliphatic heterocycles. The number of anilines is 1. The van der Waals surface area contributed by atoms with E-state index in [0.717, 1.165) is 18.4 Å². The van der Waals surface area contributed by atoms with Gasteiger partial charge in [-0.1, -0.05) is 22.0 Å². The lowest BCUT2D eigenvalue weighted by atomic mass is 10.1. The maximum Gasteiger partial charge on any atom is 0.0380 e. The summed E-state index contributed by atoms with van der Waals surface area (Å²) < 4.78 is 1.21. The van der Waals surface area contributed by atoms with E-state index in [2.05, 4.69) is 46.0 Å². The van der Waals surface area contributed by atoms with Crippen LogP contribution in [-0.4, -0.2) is 18.6 Å². The zero-order valence-electron chi connectivity index (χ0n) is 10.9. The monoisotopic (exact) mass is 308 g/mol. The highest BCUT2D eigenvalue weighted by Gasteiger charge is 2.37. The van der Waals surface area contributed by atoms with E-state index < -0.39 is 0 Å². The molecule has 3 atom stereocenters. The van der Waals surface area contributed by atoms with Crippen LogP contribution in [0.25, 0.3) is 0 Å². The van der Waals surface area contributed by atoms with Gasteiger partial charge in [0.1, 0.15) is 0 Å². The molecule has 0 aromatic heterocycles. The van der Waals surface area contributed by atoms with Crippen molar-refractivity contribution in [3.05, 3.63) is 28.2 Å². The summed E-state index contributed by atoms with van der Waals surface area (Å²) in [6.07, 6.45) is 5.15. The number of fused-ring (bicyclic) bond motifs is 2. The van der Waals surface area contributed by atoms with E-state index in [1.807, 2.05) is 0 Å². The molecule has 1 heterocycles. The molecule has 2 aliphatic rings. The van der Waals surface area contributed by atoms with Crippen LogP contribution in [0.1, 0.15) is 31.7 Å². The fourth-order valence-corrected chi connectivity index (χ4v) is 4.00. The molecule has 1 aromatic rings. The minimum Gasteiger partial charge on any atom is -0.368 e. The molecule has 1 saturated heterocycles. The van der Waals surface area contributed by atoms with Crippen molar-refractivity contribution in [2.75, 3.05) is 11.4 Å². The van der Waals surface area contributed by atoms with Crippen LogP contribution in [0.2, 0.25) is 0 Å². The standard InChI is InChI=1S/C15H21BrN2/c1-10(17)6-12-3-5-14(8-15(12)16)18-9-11-2-4-13(18)7-11/h3,5,8,10-11,13H,2,4,6-7,9,17H2,1H3. The highest BCUT2D eigenvalue weighted by atomic mass is 79.9. The van der Waals surface area contributed by atoms with Crippen molar-refractivity contribution in [1.82, 2.24) is 0 Å². The molecule has 0 spiro atoms. The van der Waals surface area contributed by atoms with Crippen LogP contribution < -0.4 is 10.6 Å². The first kappa shape index (κ1) is 12.5. The van der Waals surface area contributed by atoms with Crippen LogP contribution >= 0.6 is 15.9 Å². The summed E-state index contributed by atoms with van der Waals surface area (Å²) in [5.41, 5.74) is 8.57. The summed E-state index contributed by atoms with van der Waals surface area (Å²) in [5.74, 6) is 0.942. The molecule has 3 heteroatoms. The normalized spacial score (nSPS) is 27.8.